The summed E-state index contributed by atoms with van der Waals surface area (Å²) in [4.78, 5) is 51.1. The molecule has 0 spiro atoms. The van der Waals surface area contributed by atoms with Gasteiger partial charge in [0.2, 0.25) is 5.91 Å². The lowest BCUT2D eigenvalue weighted by molar-refractivity contribution is -0.385. The average Bonchev–Trinajstić information content (AvgIpc) is 2.78. The number of esters is 1. The van der Waals surface area contributed by atoms with E-state index in [1.807, 2.05) is 4.90 Å². The number of piperazine rings is 1. The maximum absolute atomic E-state index is 13.0. The van der Waals surface area contributed by atoms with E-state index in [1.165, 1.54) is 45.2 Å². The minimum atomic E-state index is -0.556. The van der Waals surface area contributed by atoms with Crippen LogP contribution in [0.2, 0.25) is 0 Å². The van der Waals surface area contributed by atoms with E-state index < -0.39 is 16.8 Å². The van der Waals surface area contributed by atoms with Crippen LogP contribution in [0.4, 0.5) is 17.1 Å². The molecule has 2 aromatic rings. The minimum absolute atomic E-state index is 0.000336. The summed E-state index contributed by atoms with van der Waals surface area (Å²) in [6.45, 7) is 5.20. The van der Waals surface area contributed by atoms with Crippen LogP contribution in [0, 0.1) is 17.0 Å². The second-order valence-corrected chi connectivity index (χ2v) is 7.38. The number of amides is 2. The molecule has 1 saturated heterocycles. The van der Waals surface area contributed by atoms with Crippen LogP contribution < -0.4 is 10.2 Å². The van der Waals surface area contributed by atoms with Crippen LogP contribution in [-0.2, 0) is 9.53 Å². The number of anilines is 2. The average molecular weight is 440 g/mol. The molecule has 3 rings (SSSR count). The van der Waals surface area contributed by atoms with E-state index in [0.717, 1.165) is 0 Å². The molecule has 2 amide bonds. The number of nitro benzene ring substituents is 1. The highest BCUT2D eigenvalue weighted by Gasteiger charge is 2.24. The first-order valence-electron chi connectivity index (χ1n) is 10.0. The van der Waals surface area contributed by atoms with Gasteiger partial charge in [0.25, 0.3) is 11.6 Å². The van der Waals surface area contributed by atoms with Crippen molar-refractivity contribution in [3.63, 3.8) is 0 Å². The smallest absolute Gasteiger partial charge is 0.337 e. The Bertz CT molecular complexity index is 1080. The summed E-state index contributed by atoms with van der Waals surface area (Å²) in [5.41, 5.74) is 1.56. The van der Waals surface area contributed by atoms with Crippen LogP contribution in [0.5, 0.6) is 0 Å². The SMILES string of the molecule is COC(=O)c1ccc(N2CCN(C(C)=O)CC2)c(NC(=O)c2cccc([N+](=O)[O-])c2C)c1. The maximum Gasteiger partial charge on any atom is 0.337 e. The van der Waals surface area contributed by atoms with Crippen LogP contribution >= 0.6 is 0 Å². The van der Waals surface area contributed by atoms with Gasteiger partial charge in [-0.2, -0.15) is 0 Å². The highest BCUT2D eigenvalue weighted by Crippen LogP contribution is 2.30. The van der Waals surface area contributed by atoms with Gasteiger partial charge in [-0.05, 0) is 31.2 Å². The first-order valence-corrected chi connectivity index (χ1v) is 10.0. The zero-order chi connectivity index (χ0) is 23.4. The lowest BCUT2D eigenvalue weighted by atomic mass is 10.1. The molecule has 0 saturated carbocycles. The molecule has 32 heavy (non-hydrogen) atoms. The molecule has 10 heteroatoms. The number of hydrogen-bond acceptors (Lipinski definition) is 7. The molecule has 168 valence electrons. The van der Waals surface area contributed by atoms with Gasteiger partial charge in [-0.3, -0.25) is 19.7 Å². The molecule has 0 aromatic heterocycles. The van der Waals surface area contributed by atoms with Gasteiger partial charge in [0.15, 0.2) is 0 Å². The fourth-order valence-corrected chi connectivity index (χ4v) is 3.68. The number of carbonyl (C=O) groups is 3. The van der Waals surface area contributed by atoms with E-state index in [0.29, 0.717) is 37.6 Å². The van der Waals surface area contributed by atoms with E-state index in [2.05, 4.69) is 5.32 Å². The van der Waals surface area contributed by atoms with Crippen molar-refractivity contribution in [1.82, 2.24) is 4.90 Å². The van der Waals surface area contributed by atoms with Crippen LogP contribution in [0.15, 0.2) is 36.4 Å². The number of rotatable bonds is 5. The summed E-state index contributed by atoms with van der Waals surface area (Å²) in [7, 11) is 1.27. The van der Waals surface area contributed by atoms with Crippen molar-refractivity contribution in [2.24, 2.45) is 0 Å². The van der Waals surface area contributed by atoms with Gasteiger partial charge in [-0.25, -0.2) is 4.79 Å². The Kier molecular flexibility index (Phi) is 6.72. The molecule has 1 heterocycles. The Morgan fingerprint density at radius 2 is 1.78 bits per heavy atom. The van der Waals surface area contributed by atoms with Crippen LogP contribution in [0.25, 0.3) is 0 Å². The van der Waals surface area contributed by atoms with Crippen LogP contribution in [-0.4, -0.2) is 60.9 Å². The standard InChI is InChI=1S/C22H24N4O6/c1-14-17(5-4-6-19(14)26(30)31)21(28)23-18-13-16(22(29)32-3)7-8-20(18)25-11-9-24(10-12-25)15(2)27/h4-8,13H,9-12H2,1-3H3,(H,23,28). The zero-order valence-corrected chi connectivity index (χ0v) is 18.1. The monoisotopic (exact) mass is 440 g/mol. The summed E-state index contributed by atoms with van der Waals surface area (Å²) >= 11 is 0. The van der Waals surface area contributed by atoms with Crippen molar-refractivity contribution < 1.29 is 24.0 Å². The van der Waals surface area contributed by atoms with Crippen molar-refractivity contribution in [2.45, 2.75) is 13.8 Å². The number of nitro groups is 1. The molecule has 0 atom stereocenters. The van der Waals surface area contributed by atoms with Gasteiger partial charge in [0, 0.05) is 50.3 Å². The minimum Gasteiger partial charge on any atom is -0.465 e. The highest BCUT2D eigenvalue weighted by molar-refractivity contribution is 6.08. The molecule has 1 N–H and O–H groups in total. The number of ether oxygens (including phenoxy) is 1. The van der Waals surface area contributed by atoms with E-state index in [1.54, 1.807) is 17.0 Å². The van der Waals surface area contributed by atoms with Crippen molar-refractivity contribution in [2.75, 3.05) is 43.5 Å². The molecule has 1 aliphatic rings. The molecule has 0 aliphatic carbocycles. The number of benzene rings is 2. The third-order valence-corrected chi connectivity index (χ3v) is 5.48. The molecular weight excluding hydrogens is 416 g/mol. The number of hydrogen-bond donors (Lipinski definition) is 1. The zero-order valence-electron chi connectivity index (χ0n) is 18.1. The second kappa shape index (κ2) is 9.46. The summed E-state index contributed by atoms with van der Waals surface area (Å²) in [5.74, 6) is -1.09. The first kappa shape index (κ1) is 22.7. The lowest BCUT2D eigenvalue weighted by Gasteiger charge is -2.36. The van der Waals surface area contributed by atoms with Gasteiger partial charge in [0.05, 0.1) is 29.0 Å². The summed E-state index contributed by atoms with van der Waals surface area (Å²) in [6.07, 6.45) is 0. The molecule has 0 bridgehead atoms. The van der Waals surface area contributed by atoms with E-state index in [4.69, 9.17) is 4.74 Å². The number of nitrogens with one attached hydrogen (secondary N) is 1. The molecule has 1 aliphatic heterocycles. The fraction of sp³-hybridized carbons (Fsp3) is 0.318. The predicted octanol–water partition coefficient (Wildman–Crippen LogP) is 2.61. The molecule has 2 aromatic carbocycles. The molecule has 1 fully saturated rings. The topological polar surface area (TPSA) is 122 Å². The molecule has 0 unspecified atom stereocenters. The van der Waals surface area contributed by atoms with E-state index in [9.17, 15) is 24.5 Å². The Morgan fingerprint density at radius 1 is 1.09 bits per heavy atom. The highest BCUT2D eigenvalue weighted by atomic mass is 16.6. The summed E-state index contributed by atoms with van der Waals surface area (Å²) < 4.78 is 4.78. The Morgan fingerprint density at radius 3 is 2.38 bits per heavy atom. The van der Waals surface area contributed by atoms with Crippen molar-refractivity contribution >= 4 is 34.8 Å². The maximum atomic E-state index is 13.0. The quantitative estimate of drug-likeness (QED) is 0.431. The van der Waals surface area contributed by atoms with E-state index >= 15 is 0 Å². The Labute approximate surface area is 184 Å². The van der Waals surface area contributed by atoms with Gasteiger partial charge >= 0.3 is 5.97 Å². The molecule has 0 radical (unpaired) electrons. The number of carbonyl (C=O) groups excluding carboxylic acids is 3. The van der Waals surface area contributed by atoms with Crippen LogP contribution in [0.1, 0.15) is 33.2 Å². The van der Waals surface area contributed by atoms with Gasteiger partial charge < -0.3 is 19.9 Å². The van der Waals surface area contributed by atoms with Crippen LogP contribution in [0.3, 0.4) is 0 Å². The number of nitrogens with zero attached hydrogens (tertiary/aromatic N) is 3. The fourth-order valence-electron chi connectivity index (χ4n) is 3.68. The molecule has 10 nitrogen and oxygen atoms in total. The Balaban J connectivity index is 1.94. The normalized spacial score (nSPS) is 13.5. The third kappa shape index (κ3) is 4.69. The molecular formula is C22H24N4O6. The van der Waals surface area contributed by atoms with Gasteiger partial charge in [-0.1, -0.05) is 6.07 Å². The third-order valence-electron chi connectivity index (χ3n) is 5.48. The first-order chi connectivity index (χ1) is 15.2. The van der Waals surface area contributed by atoms with Crippen molar-refractivity contribution in [3.05, 3.63) is 63.2 Å². The Hall–Kier alpha value is -3.95. The van der Waals surface area contributed by atoms with E-state index in [-0.39, 0.29) is 28.3 Å². The summed E-state index contributed by atoms with van der Waals surface area (Å²) in [5, 5.41) is 14.0. The predicted molar refractivity (Wildman–Crippen MR) is 118 cm³/mol. The summed E-state index contributed by atoms with van der Waals surface area (Å²) in [6, 6.07) is 9.13. The van der Waals surface area contributed by atoms with Gasteiger partial charge in [0.1, 0.15) is 0 Å². The largest absolute Gasteiger partial charge is 0.465 e. The van der Waals surface area contributed by atoms with Crippen molar-refractivity contribution in [3.8, 4) is 0 Å². The van der Waals surface area contributed by atoms with Crippen molar-refractivity contribution in [1.29, 1.82) is 0 Å². The number of methoxy groups -OCH3 is 1. The lowest BCUT2D eigenvalue weighted by Crippen LogP contribution is -2.48. The van der Waals surface area contributed by atoms with Gasteiger partial charge in [-0.15, -0.1) is 0 Å². The second-order valence-electron chi connectivity index (χ2n) is 7.38.